The summed E-state index contributed by atoms with van der Waals surface area (Å²) in [6.45, 7) is 1.67. The number of hydrogen-bond donors (Lipinski definition) is 1. The zero-order valence-electron chi connectivity index (χ0n) is 11.6. The highest BCUT2D eigenvalue weighted by molar-refractivity contribution is 9.10. The molecule has 1 atom stereocenters. The molecule has 110 valence electrons. The van der Waals surface area contributed by atoms with Crippen molar-refractivity contribution >= 4 is 21.9 Å². The van der Waals surface area contributed by atoms with E-state index in [4.69, 9.17) is 4.74 Å². The van der Waals surface area contributed by atoms with E-state index in [1.165, 1.54) is 12.8 Å². The summed E-state index contributed by atoms with van der Waals surface area (Å²) < 4.78 is 6.03. The molecule has 4 nitrogen and oxygen atoms in total. The third kappa shape index (κ3) is 3.52. The highest BCUT2D eigenvalue weighted by Crippen LogP contribution is 2.32. The molecule has 1 aliphatic rings. The monoisotopic (exact) mass is 341 g/mol. The Bertz CT molecular complexity index is 470. The summed E-state index contributed by atoms with van der Waals surface area (Å²) >= 11 is 3.47. The smallest absolute Gasteiger partial charge is 0.325 e. The van der Waals surface area contributed by atoms with Crippen LogP contribution in [-0.4, -0.2) is 36.2 Å². The topological polar surface area (TPSA) is 49.8 Å². The maximum absolute atomic E-state index is 11.8. The van der Waals surface area contributed by atoms with Gasteiger partial charge in [-0.05, 0) is 49.7 Å². The first-order valence-electron chi connectivity index (χ1n) is 6.94. The van der Waals surface area contributed by atoms with E-state index in [2.05, 4.69) is 20.8 Å². The van der Waals surface area contributed by atoms with Crippen molar-refractivity contribution in [3.8, 4) is 5.75 Å². The van der Waals surface area contributed by atoms with Gasteiger partial charge in [-0.3, -0.25) is 9.69 Å². The van der Waals surface area contributed by atoms with E-state index in [0.29, 0.717) is 5.75 Å². The Balaban J connectivity index is 2.34. The minimum Gasteiger partial charge on any atom is -0.497 e. The van der Waals surface area contributed by atoms with E-state index in [-0.39, 0.29) is 0 Å². The van der Waals surface area contributed by atoms with E-state index in [1.54, 1.807) is 7.11 Å². The van der Waals surface area contributed by atoms with Crippen LogP contribution in [0.1, 0.15) is 37.3 Å². The van der Waals surface area contributed by atoms with Gasteiger partial charge in [-0.1, -0.05) is 28.8 Å². The third-order valence-electron chi connectivity index (χ3n) is 3.74. The molecule has 1 saturated heterocycles. The molecule has 1 aliphatic heterocycles. The number of methoxy groups -OCH3 is 1. The lowest BCUT2D eigenvalue weighted by Crippen LogP contribution is -2.35. The van der Waals surface area contributed by atoms with Crippen molar-refractivity contribution < 1.29 is 14.6 Å². The number of carbonyl (C=O) groups is 1. The standard InChI is InChI=1S/C15H20BrNO3/c1-20-11-6-7-13(16)12(10-11)14(15(18)19)17-8-4-2-3-5-9-17/h6-7,10,14H,2-5,8-9H2,1H3,(H,18,19). The summed E-state index contributed by atoms with van der Waals surface area (Å²) in [5.41, 5.74) is 0.763. The van der Waals surface area contributed by atoms with Crippen molar-refractivity contribution in [1.82, 2.24) is 4.90 Å². The summed E-state index contributed by atoms with van der Waals surface area (Å²) in [7, 11) is 1.59. The first-order valence-corrected chi connectivity index (χ1v) is 7.73. The van der Waals surface area contributed by atoms with Crippen LogP contribution in [0.15, 0.2) is 22.7 Å². The van der Waals surface area contributed by atoms with E-state index in [0.717, 1.165) is 36.0 Å². The molecule has 20 heavy (non-hydrogen) atoms. The lowest BCUT2D eigenvalue weighted by atomic mass is 10.0. The second-order valence-electron chi connectivity index (χ2n) is 5.08. The Labute approximate surface area is 127 Å². The molecule has 1 unspecified atom stereocenters. The van der Waals surface area contributed by atoms with Crippen LogP contribution >= 0.6 is 15.9 Å². The van der Waals surface area contributed by atoms with Gasteiger partial charge in [0.15, 0.2) is 0 Å². The molecule has 1 N–H and O–H groups in total. The minimum absolute atomic E-state index is 0.613. The Morgan fingerprint density at radius 3 is 2.50 bits per heavy atom. The van der Waals surface area contributed by atoms with Crippen molar-refractivity contribution in [2.75, 3.05) is 20.2 Å². The molecule has 1 aromatic carbocycles. The predicted octanol–water partition coefficient (Wildman–Crippen LogP) is 3.46. The number of ether oxygens (including phenoxy) is 1. The molecular weight excluding hydrogens is 322 g/mol. The van der Waals surface area contributed by atoms with Crippen molar-refractivity contribution in [2.24, 2.45) is 0 Å². The van der Waals surface area contributed by atoms with Gasteiger partial charge in [0.2, 0.25) is 0 Å². The summed E-state index contributed by atoms with van der Waals surface area (Å²) in [5.74, 6) is -0.120. The normalized spacial score (nSPS) is 18.3. The van der Waals surface area contributed by atoms with Crippen molar-refractivity contribution in [2.45, 2.75) is 31.7 Å². The number of carboxylic acids is 1. The average molecular weight is 342 g/mol. The Kier molecular flexibility index (Phi) is 5.43. The molecule has 1 fully saturated rings. The molecule has 5 heteroatoms. The van der Waals surface area contributed by atoms with Gasteiger partial charge < -0.3 is 9.84 Å². The van der Waals surface area contributed by atoms with Gasteiger partial charge in [0.05, 0.1) is 7.11 Å². The Hall–Kier alpha value is -1.07. The number of nitrogens with zero attached hydrogens (tertiary/aromatic N) is 1. The predicted molar refractivity (Wildman–Crippen MR) is 81.1 cm³/mol. The molecule has 2 rings (SSSR count). The van der Waals surface area contributed by atoms with Crippen LogP contribution in [0.5, 0.6) is 5.75 Å². The molecule has 0 saturated carbocycles. The molecular formula is C15H20BrNO3. The van der Waals surface area contributed by atoms with Crippen LogP contribution in [0, 0.1) is 0 Å². The quantitative estimate of drug-likeness (QED) is 0.910. The summed E-state index contributed by atoms with van der Waals surface area (Å²) in [6, 6.07) is 4.88. The van der Waals surface area contributed by atoms with E-state index in [1.807, 2.05) is 18.2 Å². The van der Waals surface area contributed by atoms with Crippen molar-refractivity contribution in [3.63, 3.8) is 0 Å². The zero-order chi connectivity index (χ0) is 14.5. The summed E-state index contributed by atoms with van der Waals surface area (Å²) in [6.07, 6.45) is 4.49. The fraction of sp³-hybridized carbons (Fsp3) is 0.533. The van der Waals surface area contributed by atoms with E-state index >= 15 is 0 Å². The molecule has 1 heterocycles. The maximum Gasteiger partial charge on any atom is 0.325 e. The molecule has 0 amide bonds. The largest absolute Gasteiger partial charge is 0.497 e. The second kappa shape index (κ2) is 7.09. The van der Waals surface area contributed by atoms with Gasteiger partial charge in [0.1, 0.15) is 11.8 Å². The SMILES string of the molecule is COc1ccc(Br)c(C(C(=O)O)N2CCCCCC2)c1. The van der Waals surface area contributed by atoms with Crippen LogP contribution in [0.2, 0.25) is 0 Å². The number of halogens is 1. The average Bonchev–Trinajstić information content (AvgIpc) is 2.70. The molecule has 0 spiro atoms. The van der Waals surface area contributed by atoms with Crippen LogP contribution in [0.4, 0.5) is 0 Å². The number of likely N-dealkylation sites (tertiary alicyclic amines) is 1. The van der Waals surface area contributed by atoms with Crippen LogP contribution in [0.25, 0.3) is 0 Å². The number of rotatable bonds is 4. The summed E-state index contributed by atoms with van der Waals surface area (Å²) in [4.78, 5) is 13.8. The van der Waals surface area contributed by atoms with E-state index < -0.39 is 12.0 Å². The zero-order valence-corrected chi connectivity index (χ0v) is 13.2. The highest BCUT2D eigenvalue weighted by atomic mass is 79.9. The first-order chi connectivity index (χ1) is 9.63. The van der Waals surface area contributed by atoms with Gasteiger partial charge in [0.25, 0.3) is 0 Å². The van der Waals surface area contributed by atoms with Crippen LogP contribution in [0.3, 0.4) is 0 Å². The molecule has 0 aromatic heterocycles. The maximum atomic E-state index is 11.8. The molecule has 1 aromatic rings. The number of hydrogen-bond acceptors (Lipinski definition) is 3. The van der Waals surface area contributed by atoms with Gasteiger partial charge >= 0.3 is 5.97 Å². The van der Waals surface area contributed by atoms with Crippen molar-refractivity contribution in [3.05, 3.63) is 28.2 Å². The van der Waals surface area contributed by atoms with E-state index in [9.17, 15) is 9.90 Å². The lowest BCUT2D eigenvalue weighted by Gasteiger charge is -2.28. The fourth-order valence-corrected chi connectivity index (χ4v) is 3.16. The van der Waals surface area contributed by atoms with Gasteiger partial charge in [-0.2, -0.15) is 0 Å². The van der Waals surface area contributed by atoms with Crippen LogP contribution in [-0.2, 0) is 4.79 Å². The number of carboxylic acid groups (broad SMARTS) is 1. The third-order valence-corrected chi connectivity index (χ3v) is 4.46. The van der Waals surface area contributed by atoms with Gasteiger partial charge in [0, 0.05) is 4.47 Å². The van der Waals surface area contributed by atoms with Crippen LogP contribution < -0.4 is 4.74 Å². The fourth-order valence-electron chi connectivity index (χ4n) is 2.70. The highest BCUT2D eigenvalue weighted by Gasteiger charge is 2.29. The second-order valence-corrected chi connectivity index (χ2v) is 5.93. The molecule has 0 bridgehead atoms. The van der Waals surface area contributed by atoms with Gasteiger partial charge in [-0.15, -0.1) is 0 Å². The number of benzene rings is 1. The first kappa shape index (κ1) is 15.3. The van der Waals surface area contributed by atoms with Gasteiger partial charge in [-0.25, -0.2) is 0 Å². The Morgan fingerprint density at radius 1 is 1.30 bits per heavy atom. The minimum atomic E-state index is -0.805. The number of aliphatic carboxylic acids is 1. The lowest BCUT2D eigenvalue weighted by molar-refractivity contribution is -0.143. The molecule has 0 radical (unpaired) electrons. The Morgan fingerprint density at radius 2 is 1.95 bits per heavy atom. The molecule has 0 aliphatic carbocycles. The summed E-state index contributed by atoms with van der Waals surface area (Å²) in [5, 5.41) is 9.66. The van der Waals surface area contributed by atoms with Crippen molar-refractivity contribution in [1.29, 1.82) is 0 Å².